The molecule has 1 aliphatic rings. The lowest BCUT2D eigenvalue weighted by Crippen LogP contribution is -2.43. The fourth-order valence-electron chi connectivity index (χ4n) is 3.02. The Hall–Kier alpha value is -2.14. The predicted octanol–water partition coefficient (Wildman–Crippen LogP) is 2.27. The van der Waals surface area contributed by atoms with E-state index < -0.39 is 0 Å². The van der Waals surface area contributed by atoms with Crippen LogP contribution in [0.3, 0.4) is 0 Å². The number of benzene rings is 1. The van der Waals surface area contributed by atoms with Gasteiger partial charge in [-0.15, -0.1) is 0 Å². The highest BCUT2D eigenvalue weighted by atomic mass is 16.1. The number of carbonyl (C=O) groups excluding carboxylic acids is 1. The summed E-state index contributed by atoms with van der Waals surface area (Å²) in [6.45, 7) is 5.22. The van der Waals surface area contributed by atoms with E-state index in [9.17, 15) is 4.79 Å². The molecule has 2 atom stereocenters. The quantitative estimate of drug-likeness (QED) is 0.782. The van der Waals surface area contributed by atoms with Gasteiger partial charge in [-0.1, -0.05) is 30.3 Å². The molecule has 3 rings (SSSR count). The van der Waals surface area contributed by atoms with Gasteiger partial charge in [-0.25, -0.2) is 0 Å². The second-order valence-corrected chi connectivity index (χ2v) is 6.82. The Bertz CT molecular complexity index is 649. The summed E-state index contributed by atoms with van der Waals surface area (Å²) in [5.41, 5.74) is 1.49. The predicted molar refractivity (Wildman–Crippen MR) is 94.8 cm³/mol. The topological polar surface area (TPSA) is 59.0 Å². The molecule has 1 heterocycles. The Labute approximate surface area is 143 Å². The van der Waals surface area contributed by atoms with E-state index in [4.69, 9.17) is 0 Å². The molecule has 5 heteroatoms. The first-order chi connectivity index (χ1) is 11.6. The summed E-state index contributed by atoms with van der Waals surface area (Å²) < 4.78 is 1.91. The van der Waals surface area contributed by atoms with Crippen LogP contribution in [0, 0.1) is 0 Å². The molecule has 5 nitrogen and oxygen atoms in total. The van der Waals surface area contributed by atoms with Gasteiger partial charge in [0.1, 0.15) is 0 Å². The highest BCUT2D eigenvalue weighted by Gasteiger charge is 2.44. The normalized spacial score (nSPS) is 17.9. The molecule has 2 aromatic rings. The van der Waals surface area contributed by atoms with Gasteiger partial charge in [-0.2, -0.15) is 5.10 Å². The number of aromatic nitrogens is 2. The van der Waals surface area contributed by atoms with Crippen molar-refractivity contribution in [2.45, 2.75) is 44.2 Å². The molecule has 0 saturated heterocycles. The van der Waals surface area contributed by atoms with E-state index in [0.29, 0.717) is 6.54 Å². The second kappa shape index (κ2) is 7.18. The average molecular weight is 326 g/mol. The van der Waals surface area contributed by atoms with Crippen LogP contribution in [0.1, 0.15) is 38.3 Å². The molecule has 0 aliphatic heterocycles. The van der Waals surface area contributed by atoms with Crippen molar-refractivity contribution in [3.05, 3.63) is 54.4 Å². The molecule has 2 unspecified atom stereocenters. The Balaban J connectivity index is 1.43. The maximum atomic E-state index is 12.2. The van der Waals surface area contributed by atoms with E-state index in [-0.39, 0.29) is 23.4 Å². The molecule has 128 valence electrons. The van der Waals surface area contributed by atoms with Gasteiger partial charge in [0.25, 0.3) is 0 Å². The SMILES string of the molecule is CC(NCC(=O)NCC1(c2ccccc2)CC1)C(C)n1cccn1. The van der Waals surface area contributed by atoms with Crippen molar-refractivity contribution < 1.29 is 4.79 Å². The van der Waals surface area contributed by atoms with Crippen LogP contribution in [0.15, 0.2) is 48.8 Å². The van der Waals surface area contributed by atoms with Crippen LogP contribution in [0.25, 0.3) is 0 Å². The summed E-state index contributed by atoms with van der Waals surface area (Å²) >= 11 is 0. The minimum absolute atomic E-state index is 0.0525. The van der Waals surface area contributed by atoms with E-state index in [1.807, 2.05) is 23.0 Å². The molecular weight excluding hydrogens is 300 g/mol. The number of carbonyl (C=O) groups is 1. The van der Waals surface area contributed by atoms with Crippen molar-refractivity contribution in [3.63, 3.8) is 0 Å². The highest BCUT2D eigenvalue weighted by Crippen LogP contribution is 2.47. The molecule has 0 spiro atoms. The molecule has 1 aromatic heterocycles. The minimum atomic E-state index is 0.0525. The number of rotatable bonds is 8. The summed E-state index contributed by atoms with van der Waals surface area (Å²) in [7, 11) is 0. The van der Waals surface area contributed by atoms with E-state index in [2.05, 4.69) is 53.8 Å². The van der Waals surface area contributed by atoms with E-state index in [1.54, 1.807) is 6.20 Å². The van der Waals surface area contributed by atoms with Gasteiger partial charge in [0.05, 0.1) is 12.6 Å². The number of nitrogens with one attached hydrogen (secondary N) is 2. The van der Waals surface area contributed by atoms with E-state index in [1.165, 1.54) is 5.56 Å². The summed E-state index contributed by atoms with van der Waals surface area (Å²) in [6, 6.07) is 12.8. The lowest BCUT2D eigenvalue weighted by atomic mass is 9.96. The first-order valence-electron chi connectivity index (χ1n) is 8.65. The molecular formula is C19H26N4O. The largest absolute Gasteiger partial charge is 0.354 e. The molecule has 1 saturated carbocycles. The lowest BCUT2D eigenvalue weighted by molar-refractivity contribution is -0.120. The molecule has 1 aromatic carbocycles. The zero-order chi connectivity index (χ0) is 17.0. The van der Waals surface area contributed by atoms with E-state index in [0.717, 1.165) is 19.4 Å². The van der Waals surface area contributed by atoms with Crippen molar-refractivity contribution >= 4 is 5.91 Å². The molecule has 1 fully saturated rings. The average Bonchev–Trinajstić information content (AvgIpc) is 3.21. The van der Waals surface area contributed by atoms with Gasteiger partial charge in [-0.05, 0) is 38.3 Å². The fraction of sp³-hybridized carbons (Fsp3) is 0.474. The summed E-state index contributed by atoms with van der Waals surface area (Å²) in [5, 5.41) is 10.6. The van der Waals surface area contributed by atoms with Gasteiger partial charge in [-0.3, -0.25) is 9.48 Å². The van der Waals surface area contributed by atoms with Crippen molar-refractivity contribution in [2.75, 3.05) is 13.1 Å². The summed E-state index contributed by atoms with van der Waals surface area (Å²) in [4.78, 5) is 12.2. The Morgan fingerprint density at radius 3 is 2.62 bits per heavy atom. The molecule has 2 N–H and O–H groups in total. The lowest BCUT2D eigenvalue weighted by Gasteiger charge is -2.22. The molecule has 0 radical (unpaired) electrons. The molecule has 24 heavy (non-hydrogen) atoms. The Kier molecular flexibility index (Phi) is 5.00. The zero-order valence-electron chi connectivity index (χ0n) is 14.4. The van der Waals surface area contributed by atoms with Crippen LogP contribution in [-0.4, -0.2) is 34.8 Å². The Morgan fingerprint density at radius 2 is 2.00 bits per heavy atom. The molecule has 1 amide bonds. The Morgan fingerprint density at radius 1 is 1.25 bits per heavy atom. The number of hydrogen-bond donors (Lipinski definition) is 2. The third kappa shape index (κ3) is 3.85. The van der Waals surface area contributed by atoms with E-state index >= 15 is 0 Å². The zero-order valence-corrected chi connectivity index (χ0v) is 14.4. The van der Waals surface area contributed by atoms with Gasteiger partial charge < -0.3 is 10.6 Å². The van der Waals surface area contributed by atoms with Gasteiger partial charge in [0.2, 0.25) is 5.91 Å². The van der Waals surface area contributed by atoms with Gasteiger partial charge >= 0.3 is 0 Å². The van der Waals surface area contributed by atoms with Crippen LogP contribution < -0.4 is 10.6 Å². The summed E-state index contributed by atoms with van der Waals surface area (Å²) in [5.74, 6) is 0.0525. The smallest absolute Gasteiger partial charge is 0.233 e. The van der Waals surface area contributed by atoms with Crippen LogP contribution in [0.2, 0.25) is 0 Å². The standard InChI is InChI=1S/C19H26N4O/c1-15(16(2)23-12-6-11-22-23)20-13-18(24)21-14-19(9-10-19)17-7-4-3-5-8-17/h3-8,11-12,15-16,20H,9-10,13-14H2,1-2H3,(H,21,24). The number of amides is 1. The van der Waals surface area contributed by atoms with Crippen LogP contribution in [-0.2, 0) is 10.2 Å². The first-order valence-corrected chi connectivity index (χ1v) is 8.65. The fourth-order valence-corrected chi connectivity index (χ4v) is 3.02. The van der Waals surface area contributed by atoms with Crippen LogP contribution in [0.4, 0.5) is 0 Å². The van der Waals surface area contributed by atoms with Crippen molar-refractivity contribution in [1.29, 1.82) is 0 Å². The second-order valence-electron chi connectivity index (χ2n) is 6.82. The van der Waals surface area contributed by atoms with Gasteiger partial charge in [0.15, 0.2) is 0 Å². The maximum absolute atomic E-state index is 12.2. The van der Waals surface area contributed by atoms with Crippen molar-refractivity contribution in [3.8, 4) is 0 Å². The first kappa shape index (κ1) is 16.7. The summed E-state index contributed by atoms with van der Waals surface area (Å²) in [6.07, 6.45) is 6.02. The monoisotopic (exact) mass is 326 g/mol. The molecule has 0 bridgehead atoms. The maximum Gasteiger partial charge on any atom is 0.233 e. The number of hydrogen-bond acceptors (Lipinski definition) is 3. The van der Waals surface area contributed by atoms with Crippen molar-refractivity contribution in [1.82, 2.24) is 20.4 Å². The third-order valence-corrected chi connectivity index (χ3v) is 5.11. The van der Waals surface area contributed by atoms with Crippen LogP contribution in [0.5, 0.6) is 0 Å². The van der Waals surface area contributed by atoms with Crippen molar-refractivity contribution in [2.24, 2.45) is 0 Å². The van der Waals surface area contributed by atoms with Crippen LogP contribution >= 0.6 is 0 Å². The van der Waals surface area contributed by atoms with Gasteiger partial charge in [0, 0.05) is 30.4 Å². The number of nitrogens with zero attached hydrogens (tertiary/aromatic N) is 2. The third-order valence-electron chi connectivity index (χ3n) is 5.11. The molecule has 1 aliphatic carbocycles. The minimum Gasteiger partial charge on any atom is -0.354 e. The highest BCUT2D eigenvalue weighted by molar-refractivity contribution is 5.78.